The number of rotatable bonds is 5. The summed E-state index contributed by atoms with van der Waals surface area (Å²) >= 11 is 0. The summed E-state index contributed by atoms with van der Waals surface area (Å²) in [5.41, 5.74) is 1.62. The fourth-order valence-corrected chi connectivity index (χ4v) is 2.01. The minimum Gasteiger partial charge on any atom is -0.457 e. The number of hydrogen-bond acceptors (Lipinski definition) is 4. The SMILES string of the molecule is O=C(NCc1ccc(Oc2ccncc2)cc1)Nc1cccnc1. The van der Waals surface area contributed by atoms with Crippen molar-refractivity contribution in [2.24, 2.45) is 0 Å². The lowest BCUT2D eigenvalue weighted by Crippen LogP contribution is -2.28. The third-order valence-electron chi connectivity index (χ3n) is 3.18. The van der Waals surface area contributed by atoms with Crippen LogP contribution in [0.5, 0.6) is 11.5 Å². The van der Waals surface area contributed by atoms with Gasteiger partial charge in [0.1, 0.15) is 11.5 Å². The summed E-state index contributed by atoms with van der Waals surface area (Å²) in [6.07, 6.45) is 6.59. The number of amides is 2. The summed E-state index contributed by atoms with van der Waals surface area (Å²) in [7, 11) is 0. The van der Waals surface area contributed by atoms with Crippen LogP contribution >= 0.6 is 0 Å². The van der Waals surface area contributed by atoms with Gasteiger partial charge in [0.2, 0.25) is 0 Å². The van der Waals surface area contributed by atoms with Crippen molar-refractivity contribution in [3.05, 3.63) is 78.9 Å². The zero-order valence-corrected chi connectivity index (χ0v) is 12.8. The zero-order valence-electron chi connectivity index (χ0n) is 12.8. The van der Waals surface area contributed by atoms with Crippen molar-refractivity contribution in [1.82, 2.24) is 15.3 Å². The second kappa shape index (κ2) is 7.73. The Kier molecular flexibility index (Phi) is 4.99. The molecule has 2 N–H and O–H groups in total. The second-order valence-electron chi connectivity index (χ2n) is 4.98. The van der Waals surface area contributed by atoms with Crippen LogP contribution in [0.1, 0.15) is 5.56 Å². The molecule has 0 saturated heterocycles. The maximum absolute atomic E-state index is 11.8. The monoisotopic (exact) mass is 320 g/mol. The molecule has 0 aliphatic heterocycles. The molecule has 1 aromatic carbocycles. The minimum atomic E-state index is -0.278. The van der Waals surface area contributed by atoms with Crippen LogP contribution in [-0.4, -0.2) is 16.0 Å². The first-order valence-corrected chi connectivity index (χ1v) is 7.41. The van der Waals surface area contributed by atoms with Gasteiger partial charge in [0.05, 0.1) is 11.9 Å². The molecule has 0 saturated carbocycles. The van der Waals surface area contributed by atoms with Gasteiger partial charge in [0.25, 0.3) is 0 Å². The van der Waals surface area contributed by atoms with Gasteiger partial charge in [-0.2, -0.15) is 0 Å². The number of anilines is 1. The molecule has 2 aromatic heterocycles. The number of carbonyl (C=O) groups is 1. The van der Waals surface area contributed by atoms with E-state index in [0.717, 1.165) is 17.1 Å². The van der Waals surface area contributed by atoms with Gasteiger partial charge < -0.3 is 15.4 Å². The third-order valence-corrected chi connectivity index (χ3v) is 3.18. The first kappa shape index (κ1) is 15.5. The Labute approximate surface area is 139 Å². The lowest BCUT2D eigenvalue weighted by molar-refractivity contribution is 0.251. The van der Waals surface area contributed by atoms with E-state index in [1.165, 1.54) is 0 Å². The van der Waals surface area contributed by atoms with Gasteiger partial charge in [-0.1, -0.05) is 12.1 Å². The summed E-state index contributed by atoms with van der Waals surface area (Å²) < 4.78 is 5.69. The van der Waals surface area contributed by atoms with E-state index in [-0.39, 0.29) is 6.03 Å². The topological polar surface area (TPSA) is 76.1 Å². The zero-order chi connectivity index (χ0) is 16.6. The molecule has 2 amide bonds. The molecule has 0 spiro atoms. The highest BCUT2D eigenvalue weighted by Crippen LogP contribution is 2.20. The average molecular weight is 320 g/mol. The van der Waals surface area contributed by atoms with Crippen molar-refractivity contribution in [2.75, 3.05) is 5.32 Å². The summed E-state index contributed by atoms with van der Waals surface area (Å²) in [6, 6.07) is 14.4. The summed E-state index contributed by atoms with van der Waals surface area (Å²) in [5.74, 6) is 1.46. The van der Waals surface area contributed by atoms with E-state index in [9.17, 15) is 4.79 Å². The van der Waals surface area contributed by atoms with E-state index in [4.69, 9.17) is 4.74 Å². The lowest BCUT2D eigenvalue weighted by Gasteiger charge is -2.09. The Hall–Kier alpha value is -3.41. The lowest BCUT2D eigenvalue weighted by atomic mass is 10.2. The highest BCUT2D eigenvalue weighted by atomic mass is 16.5. The molecule has 0 aliphatic rings. The maximum atomic E-state index is 11.8. The quantitative estimate of drug-likeness (QED) is 0.753. The Morgan fingerprint density at radius 3 is 2.38 bits per heavy atom. The number of pyridine rings is 2. The molecule has 0 fully saturated rings. The molecule has 2 heterocycles. The number of carbonyl (C=O) groups excluding carboxylic acids is 1. The predicted molar refractivity (Wildman–Crippen MR) is 90.8 cm³/mol. The van der Waals surface area contributed by atoms with Crippen molar-refractivity contribution < 1.29 is 9.53 Å². The molecule has 3 aromatic rings. The number of nitrogens with zero attached hydrogens (tertiary/aromatic N) is 2. The van der Waals surface area contributed by atoms with Crippen molar-refractivity contribution in [2.45, 2.75) is 6.54 Å². The number of hydrogen-bond donors (Lipinski definition) is 2. The Morgan fingerprint density at radius 1 is 0.917 bits per heavy atom. The highest BCUT2D eigenvalue weighted by molar-refractivity contribution is 5.88. The van der Waals surface area contributed by atoms with Gasteiger partial charge in [-0.05, 0) is 42.0 Å². The molecule has 24 heavy (non-hydrogen) atoms. The summed E-state index contributed by atoms with van der Waals surface area (Å²) in [5, 5.41) is 5.50. The Bertz CT molecular complexity index is 777. The normalized spacial score (nSPS) is 10.0. The van der Waals surface area contributed by atoms with E-state index in [1.807, 2.05) is 24.3 Å². The van der Waals surface area contributed by atoms with Crippen molar-refractivity contribution in [1.29, 1.82) is 0 Å². The number of aromatic nitrogens is 2. The maximum Gasteiger partial charge on any atom is 0.319 e. The Balaban J connectivity index is 1.50. The standard InChI is InChI=1S/C18H16N4O2/c23-18(22-15-2-1-9-20-13-15)21-12-14-3-5-16(6-4-14)24-17-7-10-19-11-8-17/h1-11,13H,12H2,(H2,21,22,23). The first-order chi connectivity index (χ1) is 11.8. The smallest absolute Gasteiger partial charge is 0.319 e. The molecular weight excluding hydrogens is 304 g/mol. The van der Waals surface area contributed by atoms with Gasteiger partial charge in [-0.3, -0.25) is 9.97 Å². The van der Waals surface area contributed by atoms with Crippen LogP contribution in [0.2, 0.25) is 0 Å². The van der Waals surface area contributed by atoms with Gasteiger partial charge in [-0.25, -0.2) is 4.79 Å². The van der Waals surface area contributed by atoms with E-state index >= 15 is 0 Å². The molecule has 3 rings (SSSR count). The van der Waals surface area contributed by atoms with Crippen LogP contribution in [0.25, 0.3) is 0 Å². The Morgan fingerprint density at radius 2 is 1.67 bits per heavy atom. The van der Waals surface area contributed by atoms with E-state index < -0.39 is 0 Å². The van der Waals surface area contributed by atoms with Crippen molar-refractivity contribution in [3.8, 4) is 11.5 Å². The molecule has 0 unspecified atom stereocenters. The first-order valence-electron chi connectivity index (χ1n) is 7.41. The fourth-order valence-electron chi connectivity index (χ4n) is 2.01. The van der Waals surface area contributed by atoms with Gasteiger partial charge in [0, 0.05) is 25.1 Å². The molecule has 0 aliphatic carbocycles. The van der Waals surface area contributed by atoms with Crippen LogP contribution in [0, 0.1) is 0 Å². The molecule has 0 radical (unpaired) electrons. The number of urea groups is 1. The van der Waals surface area contributed by atoms with Crippen LogP contribution in [-0.2, 0) is 6.54 Å². The second-order valence-corrected chi connectivity index (χ2v) is 4.98. The van der Waals surface area contributed by atoms with Crippen molar-refractivity contribution in [3.63, 3.8) is 0 Å². The third kappa shape index (κ3) is 4.54. The van der Waals surface area contributed by atoms with Gasteiger partial charge in [-0.15, -0.1) is 0 Å². The number of ether oxygens (including phenoxy) is 1. The number of benzene rings is 1. The largest absolute Gasteiger partial charge is 0.457 e. The number of nitrogens with one attached hydrogen (secondary N) is 2. The van der Waals surface area contributed by atoms with Crippen LogP contribution in [0.15, 0.2) is 73.3 Å². The van der Waals surface area contributed by atoms with E-state index in [0.29, 0.717) is 12.2 Å². The molecule has 0 atom stereocenters. The van der Waals surface area contributed by atoms with E-state index in [1.54, 1.807) is 49.1 Å². The molecule has 6 heteroatoms. The molecule has 120 valence electrons. The highest BCUT2D eigenvalue weighted by Gasteiger charge is 2.02. The van der Waals surface area contributed by atoms with Crippen LogP contribution in [0.4, 0.5) is 10.5 Å². The minimum absolute atomic E-state index is 0.278. The molecule has 0 bridgehead atoms. The van der Waals surface area contributed by atoms with Crippen molar-refractivity contribution >= 4 is 11.7 Å². The fraction of sp³-hybridized carbons (Fsp3) is 0.0556. The van der Waals surface area contributed by atoms with Gasteiger partial charge >= 0.3 is 6.03 Å². The van der Waals surface area contributed by atoms with Crippen LogP contribution in [0.3, 0.4) is 0 Å². The molecular formula is C18H16N4O2. The average Bonchev–Trinajstić information content (AvgIpc) is 2.63. The van der Waals surface area contributed by atoms with Crippen LogP contribution < -0.4 is 15.4 Å². The predicted octanol–water partition coefficient (Wildman–Crippen LogP) is 3.59. The summed E-state index contributed by atoms with van der Waals surface area (Å²) in [4.78, 5) is 19.7. The molecule has 6 nitrogen and oxygen atoms in total. The summed E-state index contributed by atoms with van der Waals surface area (Å²) in [6.45, 7) is 0.418. The van der Waals surface area contributed by atoms with Gasteiger partial charge in [0.15, 0.2) is 0 Å². The van der Waals surface area contributed by atoms with E-state index in [2.05, 4.69) is 20.6 Å².